The Bertz CT molecular complexity index is 295. The lowest BCUT2D eigenvalue weighted by Crippen LogP contribution is -2.17. The van der Waals surface area contributed by atoms with E-state index in [4.69, 9.17) is 9.47 Å². The molecule has 0 amide bonds. The molecule has 1 heterocycles. The summed E-state index contributed by atoms with van der Waals surface area (Å²) in [7, 11) is 0. The molecule has 2 nitrogen and oxygen atoms in total. The van der Waals surface area contributed by atoms with Crippen LogP contribution < -0.4 is 9.47 Å². The van der Waals surface area contributed by atoms with Crippen LogP contribution in [0.1, 0.15) is 19.3 Å². The first-order valence-electron chi connectivity index (χ1n) is 4.93. The molecule has 0 N–H and O–H groups in total. The van der Waals surface area contributed by atoms with E-state index in [2.05, 4.69) is 6.58 Å². The Kier molecular flexibility index (Phi) is 2.73. The van der Waals surface area contributed by atoms with Gasteiger partial charge < -0.3 is 9.47 Å². The summed E-state index contributed by atoms with van der Waals surface area (Å²) in [6.45, 7) is 3.68. The van der Waals surface area contributed by atoms with Crippen molar-refractivity contribution in [2.24, 2.45) is 0 Å². The van der Waals surface area contributed by atoms with E-state index in [1.807, 2.05) is 30.3 Å². The number of ether oxygens (including phenoxy) is 2. The summed E-state index contributed by atoms with van der Waals surface area (Å²) in [6.07, 6.45) is 4.80. The van der Waals surface area contributed by atoms with Gasteiger partial charge in [0.05, 0.1) is 0 Å². The van der Waals surface area contributed by atoms with Gasteiger partial charge in [0.1, 0.15) is 0 Å². The molecule has 2 rings (SSSR count). The molecule has 0 unspecified atom stereocenters. The van der Waals surface area contributed by atoms with Crippen molar-refractivity contribution in [3.05, 3.63) is 36.9 Å². The van der Waals surface area contributed by atoms with Gasteiger partial charge in [0.25, 0.3) is 0 Å². The van der Waals surface area contributed by atoms with E-state index in [0.717, 1.165) is 30.8 Å². The monoisotopic (exact) mass is 190 g/mol. The van der Waals surface area contributed by atoms with Crippen LogP contribution >= 0.6 is 0 Å². The van der Waals surface area contributed by atoms with E-state index < -0.39 is 0 Å². The van der Waals surface area contributed by atoms with Gasteiger partial charge in [-0.2, -0.15) is 0 Å². The SMILES string of the molecule is C=CCCCC1Oc2ccccc2O1. The molecule has 0 aromatic heterocycles. The van der Waals surface area contributed by atoms with E-state index in [1.54, 1.807) is 0 Å². The maximum absolute atomic E-state index is 5.60. The van der Waals surface area contributed by atoms with Crippen molar-refractivity contribution in [1.29, 1.82) is 0 Å². The predicted molar refractivity (Wildman–Crippen MR) is 55.5 cm³/mol. The Balaban J connectivity index is 1.88. The Hall–Kier alpha value is -1.44. The lowest BCUT2D eigenvalue weighted by molar-refractivity contribution is 0.0404. The van der Waals surface area contributed by atoms with E-state index in [-0.39, 0.29) is 6.29 Å². The van der Waals surface area contributed by atoms with Crippen LogP contribution in [0.2, 0.25) is 0 Å². The van der Waals surface area contributed by atoms with Gasteiger partial charge in [-0.05, 0) is 25.0 Å². The van der Waals surface area contributed by atoms with Crippen LogP contribution in [0.25, 0.3) is 0 Å². The molecule has 0 fully saturated rings. The minimum absolute atomic E-state index is 0.104. The highest BCUT2D eigenvalue weighted by Gasteiger charge is 2.22. The maximum Gasteiger partial charge on any atom is 0.241 e. The normalized spacial score (nSPS) is 14.3. The third-order valence-electron chi connectivity index (χ3n) is 2.21. The molecule has 2 heteroatoms. The van der Waals surface area contributed by atoms with Crippen LogP contribution in [-0.2, 0) is 0 Å². The second-order valence-electron chi connectivity index (χ2n) is 3.33. The molecule has 0 spiro atoms. The van der Waals surface area contributed by atoms with Gasteiger partial charge in [-0.15, -0.1) is 6.58 Å². The van der Waals surface area contributed by atoms with E-state index in [0.29, 0.717) is 0 Å². The second kappa shape index (κ2) is 4.18. The molecule has 0 aliphatic carbocycles. The lowest BCUT2D eigenvalue weighted by atomic mass is 10.2. The third-order valence-corrected chi connectivity index (χ3v) is 2.21. The number of benzene rings is 1. The van der Waals surface area contributed by atoms with Crippen LogP contribution in [0.4, 0.5) is 0 Å². The first-order valence-corrected chi connectivity index (χ1v) is 4.93. The largest absolute Gasteiger partial charge is 0.451 e. The summed E-state index contributed by atoms with van der Waals surface area (Å²) in [5, 5.41) is 0. The highest BCUT2D eigenvalue weighted by molar-refractivity contribution is 5.41. The molecular weight excluding hydrogens is 176 g/mol. The van der Waals surface area contributed by atoms with Crippen molar-refractivity contribution in [2.75, 3.05) is 0 Å². The number of unbranched alkanes of at least 4 members (excludes halogenated alkanes) is 1. The summed E-state index contributed by atoms with van der Waals surface area (Å²) >= 11 is 0. The van der Waals surface area contributed by atoms with E-state index >= 15 is 0 Å². The lowest BCUT2D eigenvalue weighted by Gasteiger charge is -2.08. The van der Waals surface area contributed by atoms with Gasteiger partial charge in [0, 0.05) is 6.42 Å². The fraction of sp³-hybridized carbons (Fsp3) is 0.333. The Morgan fingerprint density at radius 3 is 2.43 bits per heavy atom. The molecule has 1 aliphatic heterocycles. The summed E-state index contributed by atoms with van der Waals surface area (Å²) in [5.41, 5.74) is 0. The van der Waals surface area contributed by atoms with Crippen LogP contribution in [0.3, 0.4) is 0 Å². The Morgan fingerprint density at radius 1 is 1.21 bits per heavy atom. The van der Waals surface area contributed by atoms with Crippen LogP contribution in [0.15, 0.2) is 36.9 Å². The first kappa shape index (κ1) is 9.13. The predicted octanol–water partition coefficient (Wildman–Crippen LogP) is 3.14. The van der Waals surface area contributed by atoms with E-state index in [1.165, 1.54) is 0 Å². The topological polar surface area (TPSA) is 18.5 Å². The number of hydrogen-bond acceptors (Lipinski definition) is 2. The van der Waals surface area contributed by atoms with Crippen molar-refractivity contribution in [2.45, 2.75) is 25.6 Å². The first-order chi connectivity index (χ1) is 6.90. The number of fused-ring (bicyclic) bond motifs is 1. The fourth-order valence-corrected chi connectivity index (χ4v) is 1.50. The van der Waals surface area contributed by atoms with Crippen LogP contribution in [-0.4, -0.2) is 6.29 Å². The zero-order valence-corrected chi connectivity index (χ0v) is 8.11. The fourth-order valence-electron chi connectivity index (χ4n) is 1.50. The van der Waals surface area contributed by atoms with Crippen molar-refractivity contribution in [3.63, 3.8) is 0 Å². The molecule has 74 valence electrons. The summed E-state index contributed by atoms with van der Waals surface area (Å²) in [5.74, 6) is 1.72. The summed E-state index contributed by atoms with van der Waals surface area (Å²) in [4.78, 5) is 0. The maximum atomic E-state index is 5.60. The summed E-state index contributed by atoms with van der Waals surface area (Å²) < 4.78 is 11.2. The zero-order chi connectivity index (χ0) is 9.80. The highest BCUT2D eigenvalue weighted by Crippen LogP contribution is 2.35. The van der Waals surface area contributed by atoms with E-state index in [9.17, 15) is 0 Å². The van der Waals surface area contributed by atoms with Gasteiger partial charge >= 0.3 is 0 Å². The minimum atomic E-state index is -0.104. The standard InChI is InChI=1S/C12H14O2/c1-2-3-4-9-12-13-10-7-5-6-8-11(10)14-12/h2,5-8,12H,1,3-4,9H2. The molecule has 0 radical (unpaired) electrons. The van der Waals surface area contributed by atoms with Gasteiger partial charge in [0.15, 0.2) is 11.5 Å². The van der Waals surface area contributed by atoms with Crippen molar-refractivity contribution in [1.82, 2.24) is 0 Å². The number of hydrogen-bond donors (Lipinski definition) is 0. The number of para-hydroxylation sites is 2. The molecule has 14 heavy (non-hydrogen) atoms. The molecule has 1 aliphatic rings. The molecule has 0 atom stereocenters. The molecular formula is C12H14O2. The molecule has 1 aromatic rings. The van der Waals surface area contributed by atoms with Gasteiger partial charge in [-0.25, -0.2) is 0 Å². The molecule has 1 aromatic carbocycles. The minimum Gasteiger partial charge on any atom is -0.451 e. The van der Waals surface area contributed by atoms with Crippen LogP contribution in [0.5, 0.6) is 11.5 Å². The zero-order valence-electron chi connectivity index (χ0n) is 8.11. The average molecular weight is 190 g/mol. The second-order valence-corrected chi connectivity index (χ2v) is 3.33. The number of rotatable bonds is 4. The third kappa shape index (κ3) is 1.90. The summed E-state index contributed by atoms with van der Waals surface area (Å²) in [6, 6.07) is 7.77. The van der Waals surface area contributed by atoms with Crippen molar-refractivity contribution < 1.29 is 9.47 Å². The van der Waals surface area contributed by atoms with Gasteiger partial charge in [-0.3, -0.25) is 0 Å². The highest BCUT2D eigenvalue weighted by atomic mass is 16.7. The smallest absolute Gasteiger partial charge is 0.241 e. The van der Waals surface area contributed by atoms with Gasteiger partial charge in [-0.1, -0.05) is 18.2 Å². The molecule has 0 saturated heterocycles. The Labute approximate surface area is 84.2 Å². The average Bonchev–Trinajstić information content (AvgIpc) is 2.60. The van der Waals surface area contributed by atoms with Gasteiger partial charge in [0.2, 0.25) is 6.29 Å². The molecule has 0 bridgehead atoms. The van der Waals surface area contributed by atoms with Crippen molar-refractivity contribution in [3.8, 4) is 11.5 Å². The molecule has 0 saturated carbocycles. The number of allylic oxidation sites excluding steroid dienone is 1. The quantitative estimate of drug-likeness (QED) is 0.536. The van der Waals surface area contributed by atoms with Crippen molar-refractivity contribution >= 4 is 0 Å². The Morgan fingerprint density at radius 2 is 1.86 bits per heavy atom. The van der Waals surface area contributed by atoms with Crippen LogP contribution in [0, 0.1) is 0 Å².